The van der Waals surface area contributed by atoms with Crippen molar-refractivity contribution in [1.82, 2.24) is 5.32 Å². The molecule has 0 spiro atoms. The summed E-state index contributed by atoms with van der Waals surface area (Å²) in [6.45, 7) is 7.72. The Balaban J connectivity index is 2.28. The summed E-state index contributed by atoms with van der Waals surface area (Å²) < 4.78 is 1.00. The maximum absolute atomic E-state index is 3.77. The summed E-state index contributed by atoms with van der Waals surface area (Å²) in [6.07, 6.45) is 1.07. The van der Waals surface area contributed by atoms with Gasteiger partial charge in [-0.3, -0.25) is 0 Å². The average molecular weight is 254 g/mol. The summed E-state index contributed by atoms with van der Waals surface area (Å²) in [4.78, 5) is 0. The highest BCUT2D eigenvalue weighted by Gasteiger charge is 1.93. The molecule has 0 amide bonds. The Labute approximate surface area is 94.3 Å². The van der Waals surface area contributed by atoms with Gasteiger partial charge in [0.15, 0.2) is 0 Å². The molecule has 1 rings (SSSR count). The minimum Gasteiger partial charge on any atom is -0.312 e. The number of benzene rings is 1. The van der Waals surface area contributed by atoms with E-state index in [1.54, 1.807) is 0 Å². The van der Waals surface area contributed by atoms with Gasteiger partial charge in [0.2, 0.25) is 0 Å². The predicted octanol–water partition coefficient (Wildman–Crippen LogP) is 3.04. The number of halogens is 1. The second-order valence-electron chi connectivity index (χ2n) is 3.43. The highest BCUT2D eigenvalue weighted by Crippen LogP contribution is 2.04. The van der Waals surface area contributed by atoms with Crippen molar-refractivity contribution in [3.05, 3.63) is 46.5 Å². The molecule has 0 heterocycles. The molecule has 0 saturated heterocycles. The lowest BCUT2D eigenvalue weighted by Crippen LogP contribution is -2.18. The predicted molar refractivity (Wildman–Crippen MR) is 65.8 cm³/mol. The summed E-state index contributed by atoms with van der Waals surface area (Å²) in [6, 6.07) is 8.62. The Hall–Kier alpha value is -0.600. The Kier molecular flexibility index (Phi) is 4.91. The number of nitrogens with one attached hydrogen (secondary N) is 1. The molecule has 0 radical (unpaired) electrons. The van der Waals surface area contributed by atoms with Crippen molar-refractivity contribution in [1.29, 1.82) is 0 Å². The topological polar surface area (TPSA) is 12.0 Å². The van der Waals surface area contributed by atoms with Crippen LogP contribution in [-0.4, -0.2) is 13.1 Å². The molecule has 14 heavy (non-hydrogen) atoms. The smallest absolute Gasteiger partial charge is 0.0265 e. The molecule has 76 valence electrons. The van der Waals surface area contributed by atoms with Crippen molar-refractivity contribution >= 4 is 15.9 Å². The van der Waals surface area contributed by atoms with Crippen LogP contribution in [0.3, 0.4) is 0 Å². The molecule has 0 aliphatic carbocycles. The van der Waals surface area contributed by atoms with E-state index in [0.717, 1.165) is 24.0 Å². The lowest BCUT2D eigenvalue weighted by atomic mass is 10.1. The van der Waals surface area contributed by atoms with Crippen LogP contribution in [0.4, 0.5) is 0 Å². The molecule has 1 aromatic rings. The third-order valence-corrected chi connectivity index (χ3v) is 2.27. The van der Waals surface area contributed by atoms with Crippen LogP contribution >= 0.6 is 15.9 Å². The quantitative estimate of drug-likeness (QED) is 0.796. The van der Waals surface area contributed by atoms with Crippen LogP contribution in [0.15, 0.2) is 35.3 Å². The van der Waals surface area contributed by atoms with E-state index < -0.39 is 0 Å². The Morgan fingerprint density at radius 3 is 2.93 bits per heavy atom. The fraction of sp³-hybridized carbons (Fsp3) is 0.333. The Morgan fingerprint density at radius 1 is 1.50 bits per heavy atom. The van der Waals surface area contributed by atoms with E-state index in [1.807, 2.05) is 0 Å². The Morgan fingerprint density at radius 2 is 2.29 bits per heavy atom. The molecule has 0 aliphatic heterocycles. The van der Waals surface area contributed by atoms with Crippen molar-refractivity contribution in [3.63, 3.8) is 0 Å². The normalized spacial score (nSPS) is 10.1. The first kappa shape index (κ1) is 11.5. The fourth-order valence-corrected chi connectivity index (χ4v) is 1.52. The first-order valence-electron chi connectivity index (χ1n) is 4.78. The third-order valence-electron chi connectivity index (χ3n) is 1.99. The standard InChI is InChI=1S/C12H16BrN/c1-10-4-3-5-12(8-10)6-7-14-9-11(2)13/h3-5,8,14H,2,6-7,9H2,1H3. The van der Waals surface area contributed by atoms with Crippen LogP contribution in [0, 0.1) is 6.92 Å². The minimum atomic E-state index is 0.839. The zero-order valence-corrected chi connectivity index (χ0v) is 10.1. The zero-order chi connectivity index (χ0) is 10.4. The molecular formula is C12H16BrN. The number of hydrogen-bond acceptors (Lipinski definition) is 1. The maximum atomic E-state index is 3.77. The van der Waals surface area contributed by atoms with E-state index in [0.29, 0.717) is 0 Å². The molecule has 0 bridgehead atoms. The van der Waals surface area contributed by atoms with Crippen LogP contribution in [0.1, 0.15) is 11.1 Å². The molecule has 0 aromatic heterocycles. The first-order valence-corrected chi connectivity index (χ1v) is 5.57. The van der Waals surface area contributed by atoms with E-state index in [-0.39, 0.29) is 0 Å². The second kappa shape index (κ2) is 5.99. The number of aryl methyl sites for hydroxylation is 1. The van der Waals surface area contributed by atoms with Gasteiger partial charge in [0, 0.05) is 11.0 Å². The zero-order valence-electron chi connectivity index (χ0n) is 8.52. The summed E-state index contributed by atoms with van der Waals surface area (Å²) in [5, 5.41) is 3.31. The summed E-state index contributed by atoms with van der Waals surface area (Å²) in [5.74, 6) is 0. The van der Waals surface area contributed by atoms with Gasteiger partial charge in [0.1, 0.15) is 0 Å². The van der Waals surface area contributed by atoms with Gasteiger partial charge in [0.25, 0.3) is 0 Å². The fourth-order valence-electron chi connectivity index (χ4n) is 1.32. The lowest BCUT2D eigenvalue weighted by molar-refractivity contribution is 0.742. The van der Waals surface area contributed by atoms with Gasteiger partial charge in [-0.1, -0.05) is 52.3 Å². The van der Waals surface area contributed by atoms with E-state index in [1.165, 1.54) is 11.1 Å². The van der Waals surface area contributed by atoms with E-state index in [4.69, 9.17) is 0 Å². The van der Waals surface area contributed by atoms with Crippen LogP contribution in [0.2, 0.25) is 0 Å². The van der Waals surface area contributed by atoms with E-state index >= 15 is 0 Å². The SMILES string of the molecule is C=C(Br)CNCCc1cccc(C)c1. The van der Waals surface area contributed by atoms with Gasteiger partial charge < -0.3 is 5.32 Å². The molecular weight excluding hydrogens is 238 g/mol. The van der Waals surface area contributed by atoms with E-state index in [9.17, 15) is 0 Å². The van der Waals surface area contributed by atoms with Gasteiger partial charge in [-0.2, -0.15) is 0 Å². The average Bonchev–Trinajstić information content (AvgIpc) is 2.12. The van der Waals surface area contributed by atoms with Crippen molar-refractivity contribution < 1.29 is 0 Å². The van der Waals surface area contributed by atoms with Crippen molar-refractivity contribution in [2.45, 2.75) is 13.3 Å². The largest absolute Gasteiger partial charge is 0.312 e. The highest BCUT2D eigenvalue weighted by molar-refractivity contribution is 9.11. The van der Waals surface area contributed by atoms with Crippen molar-refractivity contribution in [2.75, 3.05) is 13.1 Å². The van der Waals surface area contributed by atoms with Gasteiger partial charge in [0.05, 0.1) is 0 Å². The molecule has 0 saturated carbocycles. The third kappa shape index (κ3) is 4.58. The molecule has 0 aliphatic rings. The van der Waals surface area contributed by atoms with Gasteiger partial charge in [-0.05, 0) is 25.5 Å². The molecule has 1 N–H and O–H groups in total. The minimum absolute atomic E-state index is 0.839. The van der Waals surface area contributed by atoms with Crippen LogP contribution in [0.25, 0.3) is 0 Å². The summed E-state index contributed by atoms with van der Waals surface area (Å²) in [5.41, 5.74) is 2.71. The molecule has 0 unspecified atom stereocenters. The van der Waals surface area contributed by atoms with E-state index in [2.05, 4.69) is 59.0 Å². The number of hydrogen-bond donors (Lipinski definition) is 1. The van der Waals surface area contributed by atoms with Crippen molar-refractivity contribution in [3.8, 4) is 0 Å². The summed E-state index contributed by atoms with van der Waals surface area (Å²) >= 11 is 3.32. The van der Waals surface area contributed by atoms with Crippen molar-refractivity contribution in [2.24, 2.45) is 0 Å². The van der Waals surface area contributed by atoms with Gasteiger partial charge in [-0.15, -0.1) is 0 Å². The number of rotatable bonds is 5. The Bertz CT molecular complexity index is 307. The van der Waals surface area contributed by atoms with Crippen LogP contribution in [-0.2, 0) is 6.42 Å². The second-order valence-corrected chi connectivity index (χ2v) is 4.55. The lowest BCUT2D eigenvalue weighted by Gasteiger charge is -2.04. The first-order chi connectivity index (χ1) is 6.68. The van der Waals surface area contributed by atoms with Crippen LogP contribution in [0.5, 0.6) is 0 Å². The van der Waals surface area contributed by atoms with Gasteiger partial charge >= 0.3 is 0 Å². The summed E-state index contributed by atoms with van der Waals surface area (Å²) in [7, 11) is 0. The van der Waals surface area contributed by atoms with Gasteiger partial charge in [-0.25, -0.2) is 0 Å². The monoisotopic (exact) mass is 253 g/mol. The molecule has 0 atom stereocenters. The maximum Gasteiger partial charge on any atom is 0.0265 e. The molecule has 2 heteroatoms. The molecule has 1 nitrogen and oxygen atoms in total. The molecule has 1 aromatic carbocycles. The highest BCUT2D eigenvalue weighted by atomic mass is 79.9. The molecule has 0 fully saturated rings. The van der Waals surface area contributed by atoms with Crippen LogP contribution < -0.4 is 5.32 Å².